The van der Waals surface area contributed by atoms with E-state index in [9.17, 15) is 5.11 Å². The van der Waals surface area contributed by atoms with Crippen LogP contribution in [0.1, 0.15) is 77.5 Å². The Hall–Kier alpha value is -3.32. The zero-order valence-corrected chi connectivity index (χ0v) is 19.4. The highest BCUT2D eigenvalue weighted by molar-refractivity contribution is 5.58. The van der Waals surface area contributed by atoms with Crippen LogP contribution in [0.5, 0.6) is 5.75 Å². The lowest BCUT2D eigenvalue weighted by Gasteiger charge is -2.28. The van der Waals surface area contributed by atoms with Gasteiger partial charge in [-0.1, -0.05) is 118 Å². The average Bonchev–Trinajstić information content (AvgIpc) is 2.84. The number of phenols is 1. The summed E-state index contributed by atoms with van der Waals surface area (Å²) in [7, 11) is 0. The second-order valence-corrected chi connectivity index (χ2v) is 8.86. The van der Waals surface area contributed by atoms with E-state index >= 15 is 0 Å². The molecule has 0 radical (unpaired) electrons. The number of hydrogen-bond donors (Lipinski definition) is 1. The van der Waals surface area contributed by atoms with Crippen molar-refractivity contribution in [2.24, 2.45) is 0 Å². The molecule has 0 fully saturated rings. The third-order valence-electron chi connectivity index (χ3n) is 6.85. The predicted octanol–water partition coefficient (Wildman–Crippen LogP) is 8.16. The van der Waals surface area contributed by atoms with Crippen molar-refractivity contribution in [3.63, 3.8) is 0 Å². The van der Waals surface area contributed by atoms with Crippen LogP contribution in [0, 0.1) is 6.92 Å². The van der Waals surface area contributed by atoms with E-state index in [1.54, 1.807) is 0 Å². The van der Waals surface area contributed by atoms with Crippen LogP contribution in [0.25, 0.3) is 0 Å². The average molecular weight is 421 g/mol. The molecule has 1 N–H and O–H groups in total. The summed E-state index contributed by atoms with van der Waals surface area (Å²) in [6.07, 6.45) is 0. The minimum atomic E-state index is 0.0830. The molecule has 0 aliphatic rings. The quantitative estimate of drug-likeness (QED) is 0.333. The predicted molar refractivity (Wildman–Crippen MR) is 135 cm³/mol. The van der Waals surface area contributed by atoms with Gasteiger partial charge in [0.2, 0.25) is 0 Å². The molecule has 1 nitrogen and oxygen atoms in total. The summed E-state index contributed by atoms with van der Waals surface area (Å²) in [6, 6.07) is 33.8. The lowest BCUT2D eigenvalue weighted by atomic mass is 9.77. The minimum Gasteiger partial charge on any atom is -0.507 e. The van der Waals surface area contributed by atoms with E-state index in [0.29, 0.717) is 5.75 Å². The summed E-state index contributed by atoms with van der Waals surface area (Å²) < 4.78 is 0. The Kier molecular flexibility index (Phi) is 6.46. The van der Waals surface area contributed by atoms with Crippen LogP contribution in [-0.2, 0) is 0 Å². The standard InChI is InChI=1S/C31H32O/c1-21-20-28(22(2)25-14-8-5-9-15-25)30(24(4)27-18-12-7-13-19-27)31(32)29(21)23(3)26-16-10-6-11-17-26/h5-20,22-24,32H,1-4H3. The maximum absolute atomic E-state index is 11.8. The lowest BCUT2D eigenvalue weighted by molar-refractivity contribution is 0.454. The first-order valence-corrected chi connectivity index (χ1v) is 11.5. The van der Waals surface area contributed by atoms with E-state index < -0.39 is 0 Å². The maximum atomic E-state index is 11.8. The van der Waals surface area contributed by atoms with Crippen LogP contribution in [-0.4, -0.2) is 5.11 Å². The van der Waals surface area contributed by atoms with Gasteiger partial charge < -0.3 is 5.11 Å². The summed E-state index contributed by atoms with van der Waals surface area (Å²) in [5.74, 6) is 0.817. The molecule has 3 unspecified atom stereocenters. The van der Waals surface area contributed by atoms with E-state index in [1.807, 2.05) is 12.1 Å². The molecule has 0 saturated carbocycles. The number of hydrogen-bond acceptors (Lipinski definition) is 1. The minimum absolute atomic E-state index is 0.0830. The van der Waals surface area contributed by atoms with Crippen molar-refractivity contribution >= 4 is 0 Å². The second kappa shape index (κ2) is 9.44. The molecule has 3 atom stereocenters. The van der Waals surface area contributed by atoms with Crippen molar-refractivity contribution in [2.75, 3.05) is 0 Å². The van der Waals surface area contributed by atoms with Gasteiger partial charge in [0.05, 0.1) is 0 Å². The fourth-order valence-corrected chi connectivity index (χ4v) is 4.96. The Morgan fingerprint density at radius 2 is 0.906 bits per heavy atom. The Balaban J connectivity index is 1.92. The van der Waals surface area contributed by atoms with Gasteiger partial charge in [-0.25, -0.2) is 0 Å². The fourth-order valence-electron chi connectivity index (χ4n) is 4.96. The molecule has 0 saturated heterocycles. The number of benzene rings is 4. The van der Waals surface area contributed by atoms with Gasteiger partial charge in [-0.3, -0.25) is 0 Å². The van der Waals surface area contributed by atoms with E-state index in [0.717, 1.165) is 16.7 Å². The summed E-state index contributed by atoms with van der Waals surface area (Å²) >= 11 is 0. The van der Waals surface area contributed by atoms with Gasteiger partial charge in [-0.15, -0.1) is 0 Å². The topological polar surface area (TPSA) is 20.2 Å². The van der Waals surface area contributed by atoms with Crippen LogP contribution < -0.4 is 0 Å². The summed E-state index contributed by atoms with van der Waals surface area (Å²) in [5, 5.41) is 11.8. The molecule has 0 aliphatic heterocycles. The molecule has 162 valence electrons. The molecule has 4 aromatic carbocycles. The zero-order chi connectivity index (χ0) is 22.7. The smallest absolute Gasteiger partial charge is 0.123 e. The van der Waals surface area contributed by atoms with Gasteiger partial charge >= 0.3 is 0 Å². The van der Waals surface area contributed by atoms with Gasteiger partial charge in [0.1, 0.15) is 5.75 Å². The van der Waals surface area contributed by atoms with E-state index in [1.165, 1.54) is 22.3 Å². The first kappa shape index (κ1) is 21.9. The Labute approximate surface area is 192 Å². The SMILES string of the molecule is Cc1cc(C(C)c2ccccc2)c(C(C)c2ccccc2)c(O)c1C(C)c1ccccc1. The largest absolute Gasteiger partial charge is 0.507 e. The normalized spacial score (nSPS) is 14.0. The van der Waals surface area contributed by atoms with Crippen molar-refractivity contribution in [3.05, 3.63) is 136 Å². The van der Waals surface area contributed by atoms with E-state index in [4.69, 9.17) is 0 Å². The molecule has 1 heteroatoms. The number of phenolic OH excluding ortho intramolecular Hbond substituents is 1. The molecule has 0 heterocycles. The van der Waals surface area contributed by atoms with Crippen LogP contribution >= 0.6 is 0 Å². The van der Waals surface area contributed by atoms with Crippen LogP contribution in [0.3, 0.4) is 0 Å². The number of aromatic hydroxyl groups is 1. The highest BCUT2D eigenvalue weighted by atomic mass is 16.3. The maximum Gasteiger partial charge on any atom is 0.123 e. The molecule has 0 aliphatic carbocycles. The van der Waals surface area contributed by atoms with Crippen LogP contribution in [0.4, 0.5) is 0 Å². The lowest BCUT2D eigenvalue weighted by Crippen LogP contribution is -2.10. The molecule has 4 rings (SSSR count). The molecule has 0 amide bonds. The van der Waals surface area contributed by atoms with Crippen LogP contribution in [0.15, 0.2) is 97.1 Å². The third-order valence-corrected chi connectivity index (χ3v) is 6.85. The number of aryl methyl sites for hydroxylation is 1. The van der Waals surface area contributed by atoms with Crippen molar-refractivity contribution in [3.8, 4) is 5.75 Å². The van der Waals surface area contributed by atoms with Crippen molar-refractivity contribution < 1.29 is 5.11 Å². The molecular formula is C31H32O. The summed E-state index contributed by atoms with van der Waals surface area (Å²) in [5.41, 5.74) is 8.09. The van der Waals surface area contributed by atoms with Crippen molar-refractivity contribution in [1.29, 1.82) is 0 Å². The van der Waals surface area contributed by atoms with Crippen molar-refractivity contribution in [2.45, 2.75) is 45.4 Å². The highest BCUT2D eigenvalue weighted by Gasteiger charge is 2.27. The van der Waals surface area contributed by atoms with Gasteiger partial charge in [0.25, 0.3) is 0 Å². The Morgan fingerprint density at radius 3 is 1.34 bits per heavy atom. The number of rotatable bonds is 6. The van der Waals surface area contributed by atoms with E-state index in [-0.39, 0.29) is 17.8 Å². The first-order chi connectivity index (χ1) is 15.5. The first-order valence-electron chi connectivity index (χ1n) is 11.5. The van der Waals surface area contributed by atoms with E-state index in [2.05, 4.69) is 113 Å². The Bertz CT molecular complexity index is 1160. The molecule has 4 aromatic rings. The van der Waals surface area contributed by atoms with Crippen molar-refractivity contribution in [1.82, 2.24) is 0 Å². The van der Waals surface area contributed by atoms with Gasteiger partial charge in [-0.05, 0) is 34.7 Å². The molecule has 0 spiro atoms. The highest BCUT2D eigenvalue weighted by Crippen LogP contribution is 2.45. The fraction of sp³-hybridized carbons (Fsp3) is 0.226. The molecular weight excluding hydrogens is 388 g/mol. The van der Waals surface area contributed by atoms with Gasteiger partial charge in [-0.2, -0.15) is 0 Å². The molecule has 0 bridgehead atoms. The monoisotopic (exact) mass is 420 g/mol. The van der Waals surface area contributed by atoms with Gasteiger partial charge in [0, 0.05) is 28.9 Å². The Morgan fingerprint density at radius 1 is 0.531 bits per heavy atom. The molecule has 32 heavy (non-hydrogen) atoms. The summed E-state index contributed by atoms with van der Waals surface area (Å²) in [6.45, 7) is 8.77. The van der Waals surface area contributed by atoms with Crippen LogP contribution in [0.2, 0.25) is 0 Å². The second-order valence-electron chi connectivity index (χ2n) is 8.86. The summed E-state index contributed by atoms with van der Waals surface area (Å²) in [4.78, 5) is 0. The third kappa shape index (κ3) is 4.21. The molecule has 0 aromatic heterocycles. The van der Waals surface area contributed by atoms with Gasteiger partial charge in [0.15, 0.2) is 0 Å². The zero-order valence-electron chi connectivity index (χ0n) is 19.4.